The first-order chi connectivity index (χ1) is 11.1. The molecule has 0 bridgehead atoms. The van der Waals surface area contributed by atoms with E-state index in [9.17, 15) is 4.79 Å². The fourth-order valence-corrected chi connectivity index (χ4v) is 2.59. The normalized spacial score (nSPS) is 16.8. The topological polar surface area (TPSA) is 90.1 Å². The highest BCUT2D eigenvalue weighted by Gasteiger charge is 2.35. The Morgan fingerprint density at radius 1 is 1.30 bits per heavy atom. The van der Waals surface area contributed by atoms with E-state index in [1.807, 2.05) is 37.3 Å². The van der Waals surface area contributed by atoms with E-state index in [0.717, 1.165) is 11.3 Å². The molecule has 1 saturated heterocycles. The van der Waals surface area contributed by atoms with Crippen LogP contribution in [0.25, 0.3) is 11.3 Å². The summed E-state index contributed by atoms with van der Waals surface area (Å²) in [5, 5.41) is 2.91. The predicted octanol–water partition coefficient (Wildman–Crippen LogP) is 1.90. The molecule has 1 aromatic heterocycles. The van der Waals surface area contributed by atoms with Gasteiger partial charge in [0.05, 0.1) is 5.69 Å². The van der Waals surface area contributed by atoms with E-state index in [-0.39, 0.29) is 5.91 Å². The van der Waals surface area contributed by atoms with Crippen molar-refractivity contribution in [3.63, 3.8) is 0 Å². The van der Waals surface area contributed by atoms with Crippen molar-refractivity contribution in [3.05, 3.63) is 42.4 Å². The number of nitrogens with one attached hydrogen (secondary N) is 1. The molecule has 1 amide bonds. The lowest BCUT2D eigenvalue weighted by atomic mass is 9.90. The summed E-state index contributed by atoms with van der Waals surface area (Å²) in [4.78, 5) is 21.0. The number of nitrogens with two attached hydrogens (primary N) is 1. The summed E-state index contributed by atoms with van der Waals surface area (Å²) in [5.41, 5.74) is 7.80. The highest BCUT2D eigenvalue weighted by atomic mass is 16.5. The maximum Gasteiger partial charge on any atom is 0.244 e. The van der Waals surface area contributed by atoms with E-state index in [2.05, 4.69) is 15.3 Å². The number of aromatic nitrogens is 2. The second-order valence-corrected chi connectivity index (χ2v) is 5.79. The standard InChI is InChI=1S/C17H20N4O2/c1-12-19-8-5-15(20-12)13-3-2-4-14(11-13)21-16(22)17(18)6-9-23-10-7-17/h2-5,8,11H,6-7,9-10,18H2,1H3,(H,21,22). The molecule has 0 aliphatic carbocycles. The third-order valence-electron chi connectivity index (χ3n) is 4.03. The number of carbonyl (C=O) groups excluding carboxylic acids is 1. The van der Waals surface area contributed by atoms with Gasteiger partial charge in [-0.3, -0.25) is 4.79 Å². The maximum absolute atomic E-state index is 12.5. The molecular formula is C17H20N4O2. The summed E-state index contributed by atoms with van der Waals surface area (Å²) in [6, 6.07) is 9.41. The van der Waals surface area contributed by atoms with Gasteiger partial charge < -0.3 is 15.8 Å². The molecule has 1 aromatic carbocycles. The van der Waals surface area contributed by atoms with Crippen LogP contribution in [-0.2, 0) is 9.53 Å². The van der Waals surface area contributed by atoms with Crippen LogP contribution in [0.4, 0.5) is 5.69 Å². The smallest absolute Gasteiger partial charge is 0.244 e. The zero-order chi connectivity index (χ0) is 16.3. The van der Waals surface area contributed by atoms with Gasteiger partial charge >= 0.3 is 0 Å². The fourth-order valence-electron chi connectivity index (χ4n) is 2.59. The highest BCUT2D eigenvalue weighted by molar-refractivity contribution is 5.98. The molecule has 0 radical (unpaired) electrons. The third-order valence-corrected chi connectivity index (χ3v) is 4.03. The molecule has 0 unspecified atom stereocenters. The minimum absolute atomic E-state index is 0.170. The zero-order valence-electron chi connectivity index (χ0n) is 13.1. The number of hydrogen-bond acceptors (Lipinski definition) is 5. The summed E-state index contributed by atoms with van der Waals surface area (Å²) < 4.78 is 5.28. The Balaban J connectivity index is 1.79. The molecule has 1 aliphatic rings. The lowest BCUT2D eigenvalue weighted by Gasteiger charge is -2.31. The summed E-state index contributed by atoms with van der Waals surface area (Å²) in [5.74, 6) is 0.539. The van der Waals surface area contributed by atoms with Gasteiger partial charge in [-0.25, -0.2) is 9.97 Å². The summed E-state index contributed by atoms with van der Waals surface area (Å²) in [6.07, 6.45) is 2.78. The first-order valence-electron chi connectivity index (χ1n) is 7.65. The SMILES string of the molecule is Cc1nccc(-c2cccc(NC(=O)C3(N)CCOCC3)c2)n1. The van der Waals surface area contributed by atoms with Gasteiger partial charge in [-0.1, -0.05) is 12.1 Å². The molecule has 120 valence electrons. The van der Waals surface area contributed by atoms with Crippen molar-refractivity contribution in [1.29, 1.82) is 0 Å². The molecular weight excluding hydrogens is 292 g/mol. The third kappa shape index (κ3) is 3.55. The molecule has 6 heteroatoms. The minimum Gasteiger partial charge on any atom is -0.381 e. The number of anilines is 1. The van der Waals surface area contributed by atoms with Gasteiger partial charge in [-0.2, -0.15) is 0 Å². The predicted molar refractivity (Wildman–Crippen MR) is 87.8 cm³/mol. The van der Waals surface area contributed by atoms with Gasteiger partial charge in [-0.05, 0) is 38.0 Å². The number of ether oxygens (including phenoxy) is 1. The molecule has 3 rings (SSSR count). The number of benzene rings is 1. The van der Waals surface area contributed by atoms with E-state index in [1.54, 1.807) is 6.20 Å². The molecule has 2 aromatic rings. The van der Waals surface area contributed by atoms with Gasteiger partial charge in [0, 0.05) is 30.7 Å². The number of carbonyl (C=O) groups is 1. The van der Waals surface area contributed by atoms with Gasteiger partial charge in [0.1, 0.15) is 11.4 Å². The Morgan fingerprint density at radius 3 is 2.83 bits per heavy atom. The van der Waals surface area contributed by atoms with Crippen molar-refractivity contribution >= 4 is 11.6 Å². The molecule has 2 heterocycles. The molecule has 3 N–H and O–H groups in total. The highest BCUT2D eigenvalue weighted by Crippen LogP contribution is 2.23. The Bertz CT molecular complexity index is 711. The van der Waals surface area contributed by atoms with Crippen LogP contribution in [-0.4, -0.2) is 34.6 Å². The monoisotopic (exact) mass is 312 g/mol. The number of amides is 1. The largest absolute Gasteiger partial charge is 0.381 e. The number of aryl methyl sites for hydroxylation is 1. The van der Waals surface area contributed by atoms with E-state index in [4.69, 9.17) is 10.5 Å². The zero-order valence-corrected chi connectivity index (χ0v) is 13.1. The average Bonchev–Trinajstić information content (AvgIpc) is 2.56. The van der Waals surface area contributed by atoms with Crippen LogP contribution < -0.4 is 11.1 Å². The first kappa shape index (κ1) is 15.6. The van der Waals surface area contributed by atoms with Gasteiger partial charge in [-0.15, -0.1) is 0 Å². The molecule has 0 spiro atoms. The maximum atomic E-state index is 12.5. The van der Waals surface area contributed by atoms with Crippen LogP contribution >= 0.6 is 0 Å². The van der Waals surface area contributed by atoms with Crippen LogP contribution in [0.5, 0.6) is 0 Å². The molecule has 6 nitrogen and oxygen atoms in total. The summed E-state index contributed by atoms with van der Waals surface area (Å²) in [7, 11) is 0. The minimum atomic E-state index is -0.861. The van der Waals surface area contributed by atoms with Crippen molar-refractivity contribution < 1.29 is 9.53 Å². The van der Waals surface area contributed by atoms with Crippen LogP contribution in [0.15, 0.2) is 36.5 Å². The van der Waals surface area contributed by atoms with Gasteiger partial charge in [0.2, 0.25) is 5.91 Å². The van der Waals surface area contributed by atoms with Crippen LogP contribution in [0.1, 0.15) is 18.7 Å². The van der Waals surface area contributed by atoms with Crippen molar-refractivity contribution in [2.24, 2.45) is 5.73 Å². The Labute approximate surface area is 135 Å². The van der Waals surface area contributed by atoms with Gasteiger partial charge in [0.15, 0.2) is 0 Å². The molecule has 0 saturated carbocycles. The molecule has 1 fully saturated rings. The van der Waals surface area contributed by atoms with Crippen LogP contribution in [0.2, 0.25) is 0 Å². The van der Waals surface area contributed by atoms with Crippen molar-refractivity contribution in [3.8, 4) is 11.3 Å². The van der Waals surface area contributed by atoms with E-state index in [0.29, 0.717) is 37.6 Å². The second-order valence-electron chi connectivity index (χ2n) is 5.79. The van der Waals surface area contributed by atoms with Gasteiger partial charge in [0.25, 0.3) is 0 Å². The molecule has 23 heavy (non-hydrogen) atoms. The van der Waals surface area contributed by atoms with Crippen LogP contribution in [0.3, 0.4) is 0 Å². The van der Waals surface area contributed by atoms with Crippen molar-refractivity contribution in [1.82, 2.24) is 9.97 Å². The first-order valence-corrected chi connectivity index (χ1v) is 7.65. The summed E-state index contributed by atoms with van der Waals surface area (Å²) >= 11 is 0. The molecule has 1 aliphatic heterocycles. The Morgan fingerprint density at radius 2 is 2.09 bits per heavy atom. The second kappa shape index (κ2) is 6.44. The van der Waals surface area contributed by atoms with E-state index in [1.165, 1.54) is 0 Å². The summed E-state index contributed by atoms with van der Waals surface area (Å²) in [6.45, 7) is 2.88. The van der Waals surface area contributed by atoms with E-state index < -0.39 is 5.54 Å². The van der Waals surface area contributed by atoms with Crippen molar-refractivity contribution in [2.45, 2.75) is 25.3 Å². The Kier molecular flexibility index (Phi) is 4.36. The number of nitrogens with zero attached hydrogens (tertiary/aromatic N) is 2. The van der Waals surface area contributed by atoms with Crippen molar-refractivity contribution in [2.75, 3.05) is 18.5 Å². The molecule has 0 atom stereocenters. The number of hydrogen-bond donors (Lipinski definition) is 2. The average molecular weight is 312 g/mol. The number of rotatable bonds is 3. The van der Waals surface area contributed by atoms with E-state index >= 15 is 0 Å². The lowest BCUT2D eigenvalue weighted by Crippen LogP contribution is -2.54. The fraction of sp³-hybridized carbons (Fsp3) is 0.353. The Hall–Kier alpha value is -2.31. The van der Waals surface area contributed by atoms with Crippen LogP contribution in [0, 0.1) is 6.92 Å². The quantitative estimate of drug-likeness (QED) is 0.903. The lowest BCUT2D eigenvalue weighted by molar-refractivity contribution is -0.124.